The van der Waals surface area contributed by atoms with Crippen molar-refractivity contribution in [2.45, 2.75) is 89.9 Å². The summed E-state index contributed by atoms with van der Waals surface area (Å²) in [6.45, 7) is 6.49. The van der Waals surface area contributed by atoms with Crippen molar-refractivity contribution < 1.29 is 30.0 Å². The van der Waals surface area contributed by atoms with Gasteiger partial charge in [-0.15, -0.1) is 0 Å². The predicted octanol–water partition coefficient (Wildman–Crippen LogP) is 4.95. The van der Waals surface area contributed by atoms with Gasteiger partial charge in [-0.3, -0.25) is 0 Å². The van der Waals surface area contributed by atoms with E-state index in [-0.39, 0.29) is 24.0 Å². The summed E-state index contributed by atoms with van der Waals surface area (Å²) in [6.07, 6.45) is 19.1. The Hall–Kier alpha value is -1.66. The molecule has 6 heteroatoms. The summed E-state index contributed by atoms with van der Waals surface area (Å²) in [7, 11) is 0. The van der Waals surface area contributed by atoms with E-state index in [0.717, 1.165) is 37.8 Å². The predicted molar refractivity (Wildman–Crippen MR) is 119 cm³/mol. The minimum absolute atomic E-state index is 0.000486. The minimum atomic E-state index is -0.981. The first-order valence-corrected chi connectivity index (χ1v) is 11.3. The van der Waals surface area contributed by atoms with E-state index >= 15 is 0 Å². The van der Waals surface area contributed by atoms with Crippen LogP contribution < -0.4 is 0 Å². The van der Waals surface area contributed by atoms with Gasteiger partial charge in [0, 0.05) is 36.2 Å². The van der Waals surface area contributed by atoms with Gasteiger partial charge >= 0.3 is 11.9 Å². The molecule has 2 saturated carbocycles. The standard InChI is InChI=1S/C18H34O2.2C3H4O2/c19-15-17(11-7-3-1-4-8-12-17)18(16-20)13-9-5-2-6-10-14-18;2*1-2-3(4)5/h19-20H,1-16H2;2*2H,1H2,(H,4,5). The van der Waals surface area contributed by atoms with Crippen molar-refractivity contribution >= 4 is 11.9 Å². The fourth-order valence-corrected chi connectivity index (χ4v) is 4.88. The molecule has 0 aliphatic heterocycles. The van der Waals surface area contributed by atoms with Gasteiger partial charge in [-0.25, -0.2) is 9.59 Å². The van der Waals surface area contributed by atoms with Gasteiger partial charge in [0.2, 0.25) is 0 Å². The molecule has 0 aromatic carbocycles. The molecule has 2 aliphatic rings. The lowest BCUT2D eigenvalue weighted by atomic mass is 9.54. The highest BCUT2D eigenvalue weighted by Crippen LogP contribution is 2.54. The van der Waals surface area contributed by atoms with Gasteiger partial charge in [0.05, 0.1) is 0 Å². The Morgan fingerprint density at radius 2 is 0.800 bits per heavy atom. The van der Waals surface area contributed by atoms with E-state index in [1.165, 1.54) is 64.2 Å². The van der Waals surface area contributed by atoms with Crippen LogP contribution in [0.25, 0.3) is 0 Å². The summed E-state index contributed by atoms with van der Waals surface area (Å²) in [4.78, 5) is 18.5. The Bertz CT molecular complexity index is 452. The molecule has 4 N–H and O–H groups in total. The van der Waals surface area contributed by atoms with Crippen molar-refractivity contribution in [2.75, 3.05) is 13.2 Å². The van der Waals surface area contributed by atoms with Gasteiger partial charge in [0.15, 0.2) is 0 Å². The number of hydrogen-bond acceptors (Lipinski definition) is 4. The van der Waals surface area contributed by atoms with Crippen molar-refractivity contribution in [2.24, 2.45) is 10.8 Å². The van der Waals surface area contributed by atoms with E-state index in [2.05, 4.69) is 13.2 Å². The topological polar surface area (TPSA) is 115 Å². The zero-order valence-corrected chi connectivity index (χ0v) is 18.5. The molecule has 0 unspecified atom stereocenters. The second-order valence-corrected chi connectivity index (χ2v) is 8.50. The second-order valence-electron chi connectivity index (χ2n) is 8.50. The molecule has 174 valence electrons. The smallest absolute Gasteiger partial charge is 0.327 e. The molecule has 0 atom stereocenters. The third-order valence-electron chi connectivity index (χ3n) is 6.70. The summed E-state index contributed by atoms with van der Waals surface area (Å²) in [5.41, 5.74) is -0.000972. The highest BCUT2D eigenvalue weighted by Gasteiger charge is 2.49. The fraction of sp³-hybridized carbons (Fsp3) is 0.750. The maximum atomic E-state index is 10.3. The normalized spacial score (nSPS) is 20.7. The number of aliphatic hydroxyl groups excluding tert-OH is 2. The Kier molecular flexibility index (Phi) is 15.2. The number of carboxylic acids is 2. The van der Waals surface area contributed by atoms with Gasteiger partial charge in [0.25, 0.3) is 0 Å². The summed E-state index contributed by atoms with van der Waals surface area (Å²) in [5.74, 6) is -1.96. The quantitative estimate of drug-likeness (QED) is 0.463. The maximum Gasteiger partial charge on any atom is 0.327 e. The summed E-state index contributed by atoms with van der Waals surface area (Å²) >= 11 is 0. The Labute approximate surface area is 181 Å². The third-order valence-corrected chi connectivity index (χ3v) is 6.70. The molecule has 0 bridgehead atoms. The average molecular weight is 427 g/mol. The van der Waals surface area contributed by atoms with Crippen LogP contribution in [0.15, 0.2) is 25.3 Å². The highest BCUT2D eigenvalue weighted by molar-refractivity contribution is 5.79. The molecule has 0 aromatic heterocycles. The van der Waals surface area contributed by atoms with Gasteiger partial charge in [-0.2, -0.15) is 0 Å². The number of carbonyl (C=O) groups is 2. The largest absolute Gasteiger partial charge is 0.478 e. The Morgan fingerprint density at radius 3 is 0.967 bits per heavy atom. The lowest BCUT2D eigenvalue weighted by molar-refractivity contribution is -0.132. The van der Waals surface area contributed by atoms with Crippen LogP contribution in [0.1, 0.15) is 89.9 Å². The number of aliphatic hydroxyl groups is 2. The van der Waals surface area contributed by atoms with Crippen LogP contribution in [0.5, 0.6) is 0 Å². The van der Waals surface area contributed by atoms with Crippen molar-refractivity contribution in [1.29, 1.82) is 0 Å². The van der Waals surface area contributed by atoms with Crippen LogP contribution in [-0.2, 0) is 9.59 Å². The van der Waals surface area contributed by atoms with E-state index in [0.29, 0.717) is 0 Å². The lowest BCUT2D eigenvalue weighted by Crippen LogP contribution is -2.48. The molecule has 2 aliphatic carbocycles. The zero-order valence-electron chi connectivity index (χ0n) is 18.5. The van der Waals surface area contributed by atoms with E-state index in [1.54, 1.807) is 0 Å². The van der Waals surface area contributed by atoms with E-state index < -0.39 is 11.9 Å². The molecule has 0 amide bonds. The summed E-state index contributed by atoms with van der Waals surface area (Å²) in [5, 5.41) is 35.7. The van der Waals surface area contributed by atoms with Gasteiger partial charge in [-0.1, -0.05) is 77.4 Å². The van der Waals surface area contributed by atoms with Crippen molar-refractivity contribution in [1.82, 2.24) is 0 Å². The lowest BCUT2D eigenvalue weighted by Gasteiger charge is -2.51. The van der Waals surface area contributed by atoms with Crippen LogP contribution in [0.2, 0.25) is 0 Å². The third kappa shape index (κ3) is 9.90. The molecule has 6 nitrogen and oxygen atoms in total. The summed E-state index contributed by atoms with van der Waals surface area (Å²) < 4.78 is 0. The van der Waals surface area contributed by atoms with Crippen molar-refractivity contribution in [3.8, 4) is 0 Å². The van der Waals surface area contributed by atoms with Crippen LogP contribution in [0, 0.1) is 10.8 Å². The Balaban J connectivity index is 0.000000702. The molecule has 0 radical (unpaired) electrons. The first-order chi connectivity index (χ1) is 14.3. The summed E-state index contributed by atoms with van der Waals surface area (Å²) in [6, 6.07) is 0. The van der Waals surface area contributed by atoms with E-state index in [4.69, 9.17) is 10.2 Å². The maximum absolute atomic E-state index is 10.3. The molecule has 0 saturated heterocycles. The zero-order chi connectivity index (χ0) is 22.9. The average Bonchev–Trinajstić information content (AvgIpc) is 2.70. The van der Waals surface area contributed by atoms with Crippen molar-refractivity contribution in [3.05, 3.63) is 25.3 Å². The van der Waals surface area contributed by atoms with Crippen LogP contribution in [0.4, 0.5) is 0 Å². The second kappa shape index (κ2) is 16.1. The van der Waals surface area contributed by atoms with Crippen molar-refractivity contribution in [3.63, 3.8) is 0 Å². The molecular weight excluding hydrogens is 384 g/mol. The van der Waals surface area contributed by atoms with E-state index in [9.17, 15) is 19.8 Å². The molecule has 2 fully saturated rings. The first kappa shape index (κ1) is 28.3. The highest BCUT2D eigenvalue weighted by atomic mass is 16.4. The van der Waals surface area contributed by atoms with Gasteiger partial charge in [-0.05, 0) is 25.7 Å². The molecular formula is C24H42O6. The Morgan fingerprint density at radius 1 is 0.600 bits per heavy atom. The molecule has 30 heavy (non-hydrogen) atoms. The number of carboxylic acid groups (broad SMARTS) is 2. The van der Waals surface area contributed by atoms with Crippen LogP contribution in [0.3, 0.4) is 0 Å². The number of aliphatic carboxylic acids is 2. The van der Waals surface area contributed by atoms with Gasteiger partial charge in [0.1, 0.15) is 0 Å². The minimum Gasteiger partial charge on any atom is -0.478 e. The molecule has 0 aromatic rings. The van der Waals surface area contributed by atoms with Crippen LogP contribution in [-0.4, -0.2) is 45.6 Å². The van der Waals surface area contributed by atoms with E-state index in [1.807, 2.05) is 0 Å². The van der Waals surface area contributed by atoms with Gasteiger partial charge < -0.3 is 20.4 Å². The first-order valence-electron chi connectivity index (χ1n) is 11.3. The van der Waals surface area contributed by atoms with Crippen LogP contribution >= 0.6 is 0 Å². The number of rotatable bonds is 5. The number of hydrogen-bond donors (Lipinski definition) is 4. The molecule has 0 heterocycles. The monoisotopic (exact) mass is 426 g/mol. The molecule has 2 rings (SSSR count). The fourth-order valence-electron chi connectivity index (χ4n) is 4.88. The molecule has 0 spiro atoms. The SMILES string of the molecule is C=CC(=O)O.C=CC(=O)O.OCC1(C2(CO)CCCCCCC2)CCCCCCC1.